The third-order valence-corrected chi connectivity index (χ3v) is 2.92. The van der Waals surface area contributed by atoms with Crippen LogP contribution in [0.3, 0.4) is 0 Å². The molecule has 0 aliphatic rings. The molecule has 1 aromatic carbocycles. The van der Waals surface area contributed by atoms with Crippen molar-refractivity contribution in [1.29, 1.82) is 0 Å². The minimum Gasteiger partial charge on any atom is -0.465 e. The van der Waals surface area contributed by atoms with Gasteiger partial charge in [-0.15, -0.1) is 0 Å². The first kappa shape index (κ1) is 15.9. The van der Waals surface area contributed by atoms with Crippen molar-refractivity contribution in [3.05, 3.63) is 35.9 Å². The highest BCUT2D eigenvalue weighted by Crippen LogP contribution is 2.20. The van der Waals surface area contributed by atoms with Gasteiger partial charge in [0.25, 0.3) is 5.91 Å². The van der Waals surface area contributed by atoms with Crippen molar-refractivity contribution >= 4 is 12.0 Å². The van der Waals surface area contributed by atoms with Gasteiger partial charge in [0.05, 0.1) is 7.11 Å². The smallest absolute Gasteiger partial charge is 0.404 e. The number of amides is 2. The standard InChI is InChI=1S/C13H18N2O5/c1-15(20-2)12(17)11(16)10(8-14-13(18)19)9-6-4-3-5-7-9/h3-7,10-11,14,16H,8H2,1-2H3,(H,18,19)/t10?,11-/m0/s1. The zero-order valence-electron chi connectivity index (χ0n) is 11.3. The van der Waals surface area contributed by atoms with E-state index in [-0.39, 0.29) is 6.54 Å². The summed E-state index contributed by atoms with van der Waals surface area (Å²) in [7, 11) is 2.68. The number of hydrogen-bond acceptors (Lipinski definition) is 4. The summed E-state index contributed by atoms with van der Waals surface area (Å²) in [5, 5.41) is 21.9. The Balaban J connectivity index is 2.92. The van der Waals surface area contributed by atoms with Crippen LogP contribution in [0.15, 0.2) is 30.3 Å². The lowest BCUT2D eigenvalue weighted by molar-refractivity contribution is -0.178. The number of likely N-dealkylation sites (N-methyl/N-ethyl adjacent to an activating group) is 1. The number of hydroxylamine groups is 2. The summed E-state index contributed by atoms with van der Waals surface area (Å²) in [5.41, 5.74) is 0.659. The lowest BCUT2D eigenvalue weighted by Gasteiger charge is -2.25. The molecule has 2 atom stereocenters. The highest BCUT2D eigenvalue weighted by atomic mass is 16.7. The van der Waals surface area contributed by atoms with Gasteiger partial charge < -0.3 is 15.5 Å². The number of nitrogens with one attached hydrogen (secondary N) is 1. The molecule has 1 unspecified atom stereocenters. The second-order valence-corrected chi connectivity index (χ2v) is 4.17. The van der Waals surface area contributed by atoms with Gasteiger partial charge in [-0.1, -0.05) is 30.3 Å². The summed E-state index contributed by atoms with van der Waals surface area (Å²) >= 11 is 0. The van der Waals surface area contributed by atoms with Crippen LogP contribution in [0.5, 0.6) is 0 Å². The molecular weight excluding hydrogens is 264 g/mol. The number of aliphatic hydroxyl groups excluding tert-OH is 1. The van der Waals surface area contributed by atoms with Crippen LogP contribution in [0, 0.1) is 0 Å². The predicted octanol–water partition coefficient (Wildman–Crippen LogP) is 0.418. The molecule has 0 aromatic heterocycles. The monoisotopic (exact) mass is 282 g/mol. The van der Waals surface area contributed by atoms with Crippen LogP contribution in [-0.2, 0) is 9.63 Å². The molecule has 0 heterocycles. The van der Waals surface area contributed by atoms with Gasteiger partial charge >= 0.3 is 6.09 Å². The highest BCUT2D eigenvalue weighted by Gasteiger charge is 2.30. The molecular formula is C13H18N2O5. The molecule has 0 bridgehead atoms. The lowest BCUT2D eigenvalue weighted by Crippen LogP contribution is -2.43. The van der Waals surface area contributed by atoms with E-state index in [0.29, 0.717) is 5.56 Å². The lowest BCUT2D eigenvalue weighted by atomic mass is 9.92. The van der Waals surface area contributed by atoms with Crippen LogP contribution in [-0.4, -0.2) is 54.1 Å². The average Bonchev–Trinajstić information content (AvgIpc) is 2.46. The van der Waals surface area contributed by atoms with Gasteiger partial charge in [0.15, 0.2) is 0 Å². The fourth-order valence-electron chi connectivity index (χ4n) is 1.76. The Morgan fingerprint density at radius 1 is 1.35 bits per heavy atom. The van der Waals surface area contributed by atoms with Gasteiger partial charge in [-0.25, -0.2) is 9.86 Å². The minimum absolute atomic E-state index is 0.0796. The Hall–Kier alpha value is -2.12. The van der Waals surface area contributed by atoms with Crippen LogP contribution in [0.4, 0.5) is 4.79 Å². The Labute approximate surface area is 116 Å². The number of carboxylic acid groups (broad SMARTS) is 1. The van der Waals surface area contributed by atoms with Crippen molar-refractivity contribution in [2.75, 3.05) is 20.7 Å². The van der Waals surface area contributed by atoms with E-state index in [1.54, 1.807) is 30.3 Å². The first-order valence-corrected chi connectivity index (χ1v) is 5.98. The summed E-state index contributed by atoms with van der Waals surface area (Å²) < 4.78 is 0. The van der Waals surface area contributed by atoms with Crippen molar-refractivity contribution in [2.24, 2.45) is 0 Å². The number of aliphatic hydroxyl groups is 1. The first-order valence-electron chi connectivity index (χ1n) is 5.98. The van der Waals surface area contributed by atoms with Crippen molar-refractivity contribution in [1.82, 2.24) is 10.4 Å². The quantitative estimate of drug-likeness (QED) is 0.657. The maximum absolute atomic E-state index is 11.9. The van der Waals surface area contributed by atoms with E-state index in [0.717, 1.165) is 5.06 Å². The van der Waals surface area contributed by atoms with E-state index in [2.05, 4.69) is 5.32 Å². The number of benzene rings is 1. The third kappa shape index (κ3) is 4.22. The van der Waals surface area contributed by atoms with E-state index < -0.39 is 24.0 Å². The van der Waals surface area contributed by atoms with Gasteiger partial charge in [0, 0.05) is 19.5 Å². The summed E-state index contributed by atoms with van der Waals surface area (Å²) in [6.07, 6.45) is -2.63. The summed E-state index contributed by atoms with van der Waals surface area (Å²) in [5.74, 6) is -1.34. The molecule has 3 N–H and O–H groups in total. The predicted molar refractivity (Wildman–Crippen MR) is 71.0 cm³/mol. The van der Waals surface area contributed by atoms with E-state index in [9.17, 15) is 14.7 Å². The molecule has 0 radical (unpaired) electrons. The molecule has 20 heavy (non-hydrogen) atoms. The molecule has 0 fully saturated rings. The molecule has 0 aliphatic carbocycles. The van der Waals surface area contributed by atoms with E-state index in [1.165, 1.54) is 14.2 Å². The molecule has 0 aliphatic heterocycles. The average molecular weight is 282 g/mol. The van der Waals surface area contributed by atoms with E-state index >= 15 is 0 Å². The number of carbonyl (C=O) groups excluding carboxylic acids is 1. The Morgan fingerprint density at radius 3 is 2.45 bits per heavy atom. The maximum atomic E-state index is 11.9. The maximum Gasteiger partial charge on any atom is 0.404 e. The molecule has 7 nitrogen and oxygen atoms in total. The van der Waals surface area contributed by atoms with Gasteiger partial charge in [-0.2, -0.15) is 0 Å². The SMILES string of the molecule is CON(C)C(=O)[C@@H](O)C(CNC(=O)O)c1ccccc1. The van der Waals surface area contributed by atoms with Gasteiger partial charge in [-0.05, 0) is 5.56 Å². The van der Waals surface area contributed by atoms with Crippen molar-refractivity contribution in [3.8, 4) is 0 Å². The van der Waals surface area contributed by atoms with Crippen LogP contribution in [0.2, 0.25) is 0 Å². The van der Waals surface area contributed by atoms with Crippen LogP contribution in [0.25, 0.3) is 0 Å². The van der Waals surface area contributed by atoms with Crippen LogP contribution < -0.4 is 5.32 Å². The minimum atomic E-state index is -1.41. The molecule has 2 amide bonds. The second-order valence-electron chi connectivity index (χ2n) is 4.17. The fourth-order valence-corrected chi connectivity index (χ4v) is 1.76. The second kappa shape index (κ2) is 7.46. The van der Waals surface area contributed by atoms with E-state index in [4.69, 9.17) is 9.94 Å². The summed E-state index contributed by atoms with van der Waals surface area (Å²) in [4.78, 5) is 27.2. The first-order chi connectivity index (χ1) is 9.47. The van der Waals surface area contributed by atoms with Crippen molar-refractivity contribution < 1.29 is 24.6 Å². The van der Waals surface area contributed by atoms with Crippen LogP contribution >= 0.6 is 0 Å². The fraction of sp³-hybridized carbons (Fsp3) is 0.385. The van der Waals surface area contributed by atoms with Crippen molar-refractivity contribution in [2.45, 2.75) is 12.0 Å². The molecule has 7 heteroatoms. The van der Waals surface area contributed by atoms with Gasteiger partial charge in [-0.3, -0.25) is 9.63 Å². The number of nitrogens with zero attached hydrogens (tertiary/aromatic N) is 1. The number of hydrogen-bond donors (Lipinski definition) is 3. The summed E-state index contributed by atoms with van der Waals surface area (Å²) in [6, 6.07) is 8.73. The number of carbonyl (C=O) groups is 2. The zero-order valence-corrected chi connectivity index (χ0v) is 11.3. The molecule has 1 aromatic rings. The largest absolute Gasteiger partial charge is 0.465 e. The number of rotatable bonds is 6. The van der Waals surface area contributed by atoms with Crippen molar-refractivity contribution in [3.63, 3.8) is 0 Å². The molecule has 0 spiro atoms. The Bertz CT molecular complexity index is 451. The molecule has 0 saturated heterocycles. The van der Waals surface area contributed by atoms with Gasteiger partial charge in [0.1, 0.15) is 6.10 Å². The van der Waals surface area contributed by atoms with Gasteiger partial charge in [0.2, 0.25) is 0 Å². The highest BCUT2D eigenvalue weighted by molar-refractivity contribution is 5.80. The van der Waals surface area contributed by atoms with E-state index in [1.807, 2.05) is 0 Å². The molecule has 110 valence electrons. The summed E-state index contributed by atoms with van der Waals surface area (Å²) in [6.45, 7) is -0.0796. The Kier molecular flexibility index (Phi) is 5.95. The normalized spacial score (nSPS) is 13.3. The molecule has 1 rings (SSSR count). The third-order valence-electron chi connectivity index (χ3n) is 2.92. The Morgan fingerprint density at radius 2 is 1.95 bits per heavy atom. The topological polar surface area (TPSA) is 99.1 Å². The molecule has 0 saturated carbocycles. The zero-order chi connectivity index (χ0) is 15.1. The van der Waals surface area contributed by atoms with Crippen LogP contribution in [0.1, 0.15) is 11.5 Å².